The summed E-state index contributed by atoms with van der Waals surface area (Å²) in [7, 11) is 1.86. The average Bonchev–Trinajstić information content (AvgIpc) is 2.65. The molecule has 2 aromatic heterocycles. The summed E-state index contributed by atoms with van der Waals surface area (Å²) in [6.45, 7) is 4.12. The minimum atomic E-state index is -1.02. The van der Waals surface area contributed by atoms with Crippen LogP contribution in [-0.4, -0.2) is 30.8 Å². The largest absolute Gasteiger partial charge is 0.478 e. The first-order valence-electron chi connectivity index (χ1n) is 5.77. The molecule has 7 nitrogen and oxygen atoms in total. The molecule has 0 spiro atoms. The van der Waals surface area contributed by atoms with Crippen LogP contribution in [0.5, 0.6) is 0 Å². The molecule has 2 heterocycles. The Morgan fingerprint density at radius 2 is 2.16 bits per heavy atom. The molecule has 0 saturated heterocycles. The topological polar surface area (TPSA) is 92.9 Å². The number of carboxylic acids is 1. The summed E-state index contributed by atoms with van der Waals surface area (Å²) in [6, 6.07) is 0. The molecule has 0 amide bonds. The minimum absolute atomic E-state index is 0.114. The summed E-state index contributed by atoms with van der Waals surface area (Å²) in [4.78, 5) is 18.9. The lowest BCUT2D eigenvalue weighted by atomic mass is 10.2. The van der Waals surface area contributed by atoms with E-state index in [0.29, 0.717) is 18.2 Å². The van der Waals surface area contributed by atoms with Crippen LogP contribution in [0.4, 0.5) is 5.95 Å². The zero-order chi connectivity index (χ0) is 14.0. The second-order valence-corrected chi connectivity index (χ2v) is 4.26. The number of anilines is 1. The van der Waals surface area contributed by atoms with Gasteiger partial charge in [0.25, 0.3) is 0 Å². The van der Waals surface area contributed by atoms with Crippen molar-refractivity contribution in [2.75, 3.05) is 5.32 Å². The van der Waals surface area contributed by atoms with Crippen molar-refractivity contribution in [3.8, 4) is 0 Å². The Labute approximate surface area is 110 Å². The molecule has 0 aliphatic rings. The quantitative estimate of drug-likeness (QED) is 0.857. The van der Waals surface area contributed by atoms with Crippen LogP contribution < -0.4 is 5.32 Å². The number of aromatic carboxylic acids is 1. The van der Waals surface area contributed by atoms with Gasteiger partial charge in [0, 0.05) is 31.5 Å². The van der Waals surface area contributed by atoms with E-state index in [2.05, 4.69) is 20.4 Å². The highest BCUT2D eigenvalue weighted by Crippen LogP contribution is 2.10. The standard InChI is InChI=1S/C12H15N5O2/c1-7-9(6-17(3)16-7)4-13-12-14-5-10(11(18)19)8(2)15-12/h5-6H,4H2,1-3H3,(H,18,19)(H,13,14,15). The maximum absolute atomic E-state index is 10.8. The highest BCUT2D eigenvalue weighted by Gasteiger charge is 2.10. The monoisotopic (exact) mass is 261 g/mol. The van der Waals surface area contributed by atoms with Crippen molar-refractivity contribution >= 4 is 11.9 Å². The fourth-order valence-corrected chi connectivity index (χ4v) is 1.76. The normalized spacial score (nSPS) is 10.5. The molecule has 0 aliphatic carbocycles. The summed E-state index contributed by atoms with van der Waals surface area (Å²) >= 11 is 0. The van der Waals surface area contributed by atoms with E-state index in [1.54, 1.807) is 11.6 Å². The Kier molecular flexibility index (Phi) is 3.46. The van der Waals surface area contributed by atoms with Gasteiger partial charge in [-0.2, -0.15) is 5.10 Å². The van der Waals surface area contributed by atoms with Gasteiger partial charge in [-0.3, -0.25) is 4.68 Å². The van der Waals surface area contributed by atoms with Gasteiger partial charge < -0.3 is 10.4 Å². The Hall–Kier alpha value is -2.44. The van der Waals surface area contributed by atoms with E-state index in [1.807, 2.05) is 20.2 Å². The Balaban J connectivity index is 2.10. The first-order valence-corrected chi connectivity index (χ1v) is 5.77. The van der Waals surface area contributed by atoms with Crippen molar-refractivity contribution in [1.29, 1.82) is 0 Å². The van der Waals surface area contributed by atoms with Gasteiger partial charge in [0.2, 0.25) is 5.95 Å². The van der Waals surface area contributed by atoms with Gasteiger partial charge in [0.05, 0.1) is 17.0 Å². The summed E-state index contributed by atoms with van der Waals surface area (Å²) in [5, 5.41) is 16.2. The number of nitrogens with one attached hydrogen (secondary N) is 1. The van der Waals surface area contributed by atoms with Crippen molar-refractivity contribution in [2.45, 2.75) is 20.4 Å². The van der Waals surface area contributed by atoms with Crippen molar-refractivity contribution in [3.63, 3.8) is 0 Å². The number of hydrogen-bond acceptors (Lipinski definition) is 5. The predicted molar refractivity (Wildman–Crippen MR) is 69.0 cm³/mol. The molecule has 2 rings (SSSR count). The number of carboxylic acid groups (broad SMARTS) is 1. The molecule has 0 aliphatic heterocycles. The number of aryl methyl sites for hydroxylation is 3. The van der Waals surface area contributed by atoms with E-state index >= 15 is 0 Å². The first-order chi connectivity index (χ1) is 8.97. The Morgan fingerprint density at radius 3 is 2.68 bits per heavy atom. The number of rotatable bonds is 4. The fraction of sp³-hybridized carbons (Fsp3) is 0.333. The van der Waals surface area contributed by atoms with Crippen LogP contribution in [0.1, 0.15) is 27.3 Å². The molecular weight excluding hydrogens is 246 g/mol. The zero-order valence-corrected chi connectivity index (χ0v) is 11.0. The second kappa shape index (κ2) is 5.05. The molecule has 2 aromatic rings. The van der Waals surface area contributed by atoms with Crippen molar-refractivity contribution in [3.05, 3.63) is 34.9 Å². The molecule has 7 heteroatoms. The average molecular weight is 261 g/mol. The van der Waals surface area contributed by atoms with Gasteiger partial charge in [-0.25, -0.2) is 14.8 Å². The predicted octanol–water partition coefficient (Wildman–Crippen LogP) is 1.14. The van der Waals surface area contributed by atoms with Crippen LogP contribution >= 0.6 is 0 Å². The third-order valence-electron chi connectivity index (χ3n) is 2.76. The molecule has 0 unspecified atom stereocenters. The Morgan fingerprint density at radius 1 is 1.42 bits per heavy atom. The summed E-state index contributed by atoms with van der Waals surface area (Å²) in [5.74, 6) is -0.613. The van der Waals surface area contributed by atoms with Crippen molar-refractivity contribution in [2.24, 2.45) is 7.05 Å². The van der Waals surface area contributed by atoms with Gasteiger partial charge in [-0.1, -0.05) is 0 Å². The van der Waals surface area contributed by atoms with Crippen molar-refractivity contribution in [1.82, 2.24) is 19.7 Å². The third kappa shape index (κ3) is 2.87. The fourth-order valence-electron chi connectivity index (χ4n) is 1.76. The molecule has 100 valence electrons. The molecule has 0 atom stereocenters. The van der Waals surface area contributed by atoms with E-state index in [9.17, 15) is 4.79 Å². The Bertz CT molecular complexity index is 621. The number of hydrogen-bond donors (Lipinski definition) is 2. The van der Waals surface area contributed by atoms with Gasteiger partial charge in [0.15, 0.2) is 0 Å². The maximum Gasteiger partial charge on any atom is 0.339 e. The van der Waals surface area contributed by atoms with Crippen LogP contribution in [0.2, 0.25) is 0 Å². The second-order valence-electron chi connectivity index (χ2n) is 4.26. The lowest BCUT2D eigenvalue weighted by molar-refractivity contribution is 0.0695. The van der Waals surface area contributed by atoms with E-state index in [0.717, 1.165) is 11.3 Å². The van der Waals surface area contributed by atoms with Gasteiger partial charge in [0.1, 0.15) is 0 Å². The highest BCUT2D eigenvalue weighted by atomic mass is 16.4. The molecule has 0 saturated carbocycles. The smallest absolute Gasteiger partial charge is 0.339 e. The van der Waals surface area contributed by atoms with Crippen LogP contribution in [0, 0.1) is 13.8 Å². The first kappa shape index (κ1) is 13.0. The van der Waals surface area contributed by atoms with Crippen LogP contribution in [-0.2, 0) is 13.6 Å². The van der Waals surface area contributed by atoms with E-state index in [-0.39, 0.29) is 5.56 Å². The zero-order valence-electron chi connectivity index (χ0n) is 11.0. The summed E-state index contributed by atoms with van der Waals surface area (Å²) < 4.78 is 1.74. The molecule has 2 N–H and O–H groups in total. The van der Waals surface area contributed by atoms with Crippen molar-refractivity contribution < 1.29 is 9.90 Å². The maximum atomic E-state index is 10.8. The van der Waals surface area contributed by atoms with Gasteiger partial charge in [-0.15, -0.1) is 0 Å². The molecular formula is C12H15N5O2. The lowest BCUT2D eigenvalue weighted by Gasteiger charge is -2.05. The number of carbonyl (C=O) groups is 1. The molecule has 0 radical (unpaired) electrons. The van der Waals surface area contributed by atoms with Gasteiger partial charge >= 0.3 is 5.97 Å². The molecule has 0 aromatic carbocycles. The minimum Gasteiger partial charge on any atom is -0.478 e. The molecule has 0 bridgehead atoms. The van der Waals surface area contributed by atoms with Crippen LogP contribution in [0.3, 0.4) is 0 Å². The summed E-state index contributed by atoms with van der Waals surface area (Å²) in [5.41, 5.74) is 2.54. The number of aromatic nitrogens is 4. The highest BCUT2D eigenvalue weighted by molar-refractivity contribution is 5.88. The van der Waals surface area contributed by atoms with Gasteiger partial charge in [-0.05, 0) is 13.8 Å². The third-order valence-corrected chi connectivity index (χ3v) is 2.76. The van der Waals surface area contributed by atoms with E-state index < -0.39 is 5.97 Å². The lowest BCUT2D eigenvalue weighted by Crippen LogP contribution is -2.08. The van der Waals surface area contributed by atoms with Crippen LogP contribution in [0.25, 0.3) is 0 Å². The van der Waals surface area contributed by atoms with E-state index in [4.69, 9.17) is 5.11 Å². The van der Waals surface area contributed by atoms with Crippen LogP contribution in [0.15, 0.2) is 12.4 Å². The number of nitrogens with zero attached hydrogens (tertiary/aromatic N) is 4. The SMILES string of the molecule is Cc1nn(C)cc1CNc1ncc(C(=O)O)c(C)n1. The summed E-state index contributed by atoms with van der Waals surface area (Å²) in [6.07, 6.45) is 3.23. The molecule has 0 fully saturated rings. The van der Waals surface area contributed by atoms with E-state index in [1.165, 1.54) is 6.20 Å². The molecule has 19 heavy (non-hydrogen) atoms.